The molecule has 7 nitrogen and oxygen atoms in total. The van der Waals surface area contributed by atoms with Gasteiger partial charge in [-0.25, -0.2) is 13.2 Å². The minimum Gasteiger partial charge on any atom is -0.392 e. The SMILES string of the molecule is CC(NC(=O)Nc1ccc(S(=O)(=O)Nc2ccc(CO)cc2)cc1)c1cccc2ccccc12. The molecule has 4 aromatic rings. The lowest BCUT2D eigenvalue weighted by molar-refractivity contribution is 0.249. The molecule has 0 spiro atoms. The fraction of sp³-hybridized carbons (Fsp3) is 0.115. The Morgan fingerprint density at radius 2 is 1.50 bits per heavy atom. The van der Waals surface area contributed by atoms with E-state index in [9.17, 15) is 13.2 Å². The van der Waals surface area contributed by atoms with E-state index in [1.165, 1.54) is 24.3 Å². The largest absolute Gasteiger partial charge is 0.392 e. The van der Waals surface area contributed by atoms with Crippen molar-refractivity contribution in [2.24, 2.45) is 0 Å². The second-order valence-electron chi connectivity index (χ2n) is 7.87. The highest BCUT2D eigenvalue weighted by molar-refractivity contribution is 7.92. The number of rotatable bonds is 7. The third-order valence-corrected chi connectivity index (χ3v) is 6.85. The zero-order valence-electron chi connectivity index (χ0n) is 18.5. The van der Waals surface area contributed by atoms with Crippen molar-refractivity contribution in [3.63, 3.8) is 0 Å². The maximum absolute atomic E-state index is 12.6. The normalized spacial score (nSPS) is 12.2. The Labute approximate surface area is 198 Å². The monoisotopic (exact) mass is 475 g/mol. The lowest BCUT2D eigenvalue weighted by atomic mass is 10.00. The fourth-order valence-electron chi connectivity index (χ4n) is 3.68. The molecular formula is C26H25N3O4S. The molecule has 1 atom stereocenters. The topological polar surface area (TPSA) is 108 Å². The van der Waals surface area contributed by atoms with Crippen LogP contribution in [0.2, 0.25) is 0 Å². The summed E-state index contributed by atoms with van der Waals surface area (Å²) in [6, 6.07) is 25.7. The van der Waals surface area contributed by atoms with Crippen molar-refractivity contribution in [2.45, 2.75) is 24.5 Å². The molecule has 0 radical (unpaired) electrons. The Morgan fingerprint density at radius 1 is 0.853 bits per heavy atom. The summed E-state index contributed by atoms with van der Waals surface area (Å²) < 4.78 is 27.8. The summed E-state index contributed by atoms with van der Waals surface area (Å²) in [6.07, 6.45) is 0. The van der Waals surface area contributed by atoms with Gasteiger partial charge in [0.1, 0.15) is 0 Å². The summed E-state index contributed by atoms with van der Waals surface area (Å²) in [6.45, 7) is 1.80. The molecule has 4 aromatic carbocycles. The predicted octanol–water partition coefficient (Wildman–Crippen LogP) is 5.02. The van der Waals surface area contributed by atoms with E-state index in [4.69, 9.17) is 5.11 Å². The van der Waals surface area contributed by atoms with Gasteiger partial charge in [-0.3, -0.25) is 4.72 Å². The highest BCUT2D eigenvalue weighted by Crippen LogP contribution is 2.24. The molecule has 0 aromatic heterocycles. The molecule has 2 amide bonds. The summed E-state index contributed by atoms with van der Waals surface area (Å²) in [5.41, 5.74) is 2.55. The summed E-state index contributed by atoms with van der Waals surface area (Å²) in [5, 5.41) is 16.9. The van der Waals surface area contributed by atoms with Gasteiger partial charge in [0.2, 0.25) is 0 Å². The molecule has 4 rings (SSSR count). The van der Waals surface area contributed by atoms with E-state index in [2.05, 4.69) is 15.4 Å². The highest BCUT2D eigenvalue weighted by Gasteiger charge is 2.15. The van der Waals surface area contributed by atoms with Gasteiger partial charge in [0.05, 0.1) is 17.5 Å². The van der Waals surface area contributed by atoms with E-state index in [0.717, 1.165) is 16.3 Å². The number of hydrogen-bond donors (Lipinski definition) is 4. The van der Waals surface area contributed by atoms with Crippen LogP contribution in [-0.4, -0.2) is 19.6 Å². The first-order valence-electron chi connectivity index (χ1n) is 10.7. The number of anilines is 2. The number of benzene rings is 4. The van der Waals surface area contributed by atoms with E-state index in [0.29, 0.717) is 16.9 Å². The Hall–Kier alpha value is -3.88. The Kier molecular flexibility index (Phi) is 6.81. The number of fused-ring (bicyclic) bond motifs is 1. The lowest BCUT2D eigenvalue weighted by Crippen LogP contribution is -2.31. The van der Waals surface area contributed by atoms with Crippen molar-refractivity contribution in [3.8, 4) is 0 Å². The van der Waals surface area contributed by atoms with Crippen molar-refractivity contribution in [3.05, 3.63) is 102 Å². The summed E-state index contributed by atoms with van der Waals surface area (Å²) in [4.78, 5) is 12.6. The Bertz CT molecular complexity index is 1400. The Balaban J connectivity index is 1.40. The van der Waals surface area contributed by atoms with E-state index in [1.54, 1.807) is 24.3 Å². The molecule has 0 fully saturated rings. The third kappa shape index (κ3) is 5.36. The average Bonchev–Trinajstić information content (AvgIpc) is 2.84. The van der Waals surface area contributed by atoms with Gasteiger partial charge in [-0.2, -0.15) is 0 Å². The first-order chi connectivity index (χ1) is 16.4. The number of aliphatic hydroxyl groups excluding tert-OH is 1. The van der Waals surface area contributed by atoms with Gasteiger partial charge in [0.25, 0.3) is 10.0 Å². The molecule has 0 bridgehead atoms. The van der Waals surface area contributed by atoms with Crippen LogP contribution in [0.15, 0.2) is 95.9 Å². The zero-order chi connectivity index (χ0) is 24.1. The standard InChI is InChI=1S/C26H25N3O4S/c1-18(24-8-4-6-20-5-2-3-7-25(20)24)27-26(31)28-21-13-15-23(16-14-21)34(32,33)29-22-11-9-19(17-30)10-12-22/h2-16,18,29-30H,17H2,1H3,(H2,27,28,31). The van der Waals surface area contributed by atoms with Crippen LogP contribution in [0.25, 0.3) is 10.8 Å². The fourth-order valence-corrected chi connectivity index (χ4v) is 4.74. The molecule has 0 heterocycles. The van der Waals surface area contributed by atoms with Gasteiger partial charge >= 0.3 is 6.03 Å². The van der Waals surface area contributed by atoms with Gasteiger partial charge in [0, 0.05) is 11.4 Å². The van der Waals surface area contributed by atoms with Crippen LogP contribution >= 0.6 is 0 Å². The van der Waals surface area contributed by atoms with Crippen LogP contribution in [0.4, 0.5) is 16.2 Å². The van der Waals surface area contributed by atoms with Gasteiger partial charge < -0.3 is 15.7 Å². The summed E-state index contributed by atoms with van der Waals surface area (Å²) >= 11 is 0. The van der Waals surface area contributed by atoms with Crippen LogP contribution in [0.1, 0.15) is 24.1 Å². The van der Waals surface area contributed by atoms with Crippen molar-refractivity contribution in [1.82, 2.24) is 5.32 Å². The van der Waals surface area contributed by atoms with Crippen molar-refractivity contribution in [1.29, 1.82) is 0 Å². The maximum atomic E-state index is 12.6. The molecule has 0 saturated heterocycles. The number of carbonyl (C=O) groups is 1. The molecule has 4 N–H and O–H groups in total. The number of amides is 2. The second kappa shape index (κ2) is 9.94. The second-order valence-corrected chi connectivity index (χ2v) is 9.56. The molecule has 0 aliphatic rings. The van der Waals surface area contributed by atoms with Gasteiger partial charge in [-0.05, 0) is 65.2 Å². The molecule has 8 heteroatoms. The number of nitrogens with one attached hydrogen (secondary N) is 3. The minimum atomic E-state index is -3.79. The quantitative estimate of drug-likeness (QED) is 0.301. The number of carbonyl (C=O) groups excluding carboxylic acids is 1. The molecular weight excluding hydrogens is 450 g/mol. The average molecular weight is 476 g/mol. The third-order valence-electron chi connectivity index (χ3n) is 5.45. The summed E-state index contributed by atoms with van der Waals surface area (Å²) in [7, 11) is -3.79. The number of hydrogen-bond acceptors (Lipinski definition) is 4. The van der Waals surface area contributed by atoms with Crippen molar-refractivity contribution in [2.75, 3.05) is 10.0 Å². The minimum absolute atomic E-state index is 0.0637. The maximum Gasteiger partial charge on any atom is 0.319 e. The summed E-state index contributed by atoms with van der Waals surface area (Å²) in [5.74, 6) is 0. The molecule has 174 valence electrons. The highest BCUT2D eigenvalue weighted by atomic mass is 32.2. The van der Waals surface area contributed by atoms with Crippen LogP contribution in [0.5, 0.6) is 0 Å². The van der Waals surface area contributed by atoms with E-state index >= 15 is 0 Å². The molecule has 0 aliphatic heterocycles. The zero-order valence-corrected chi connectivity index (χ0v) is 19.3. The molecule has 34 heavy (non-hydrogen) atoms. The van der Waals surface area contributed by atoms with E-state index in [1.807, 2.05) is 49.4 Å². The van der Waals surface area contributed by atoms with Gasteiger partial charge in [-0.15, -0.1) is 0 Å². The van der Waals surface area contributed by atoms with Gasteiger partial charge in [0.15, 0.2) is 0 Å². The van der Waals surface area contributed by atoms with E-state index < -0.39 is 16.1 Å². The first kappa shape index (κ1) is 23.3. The van der Waals surface area contributed by atoms with E-state index in [-0.39, 0.29) is 17.5 Å². The lowest BCUT2D eigenvalue weighted by Gasteiger charge is -2.17. The van der Waals surface area contributed by atoms with Crippen LogP contribution in [0.3, 0.4) is 0 Å². The number of sulfonamides is 1. The van der Waals surface area contributed by atoms with Crippen LogP contribution in [0, 0.1) is 0 Å². The smallest absolute Gasteiger partial charge is 0.319 e. The number of urea groups is 1. The van der Waals surface area contributed by atoms with Crippen molar-refractivity contribution >= 4 is 38.2 Å². The van der Waals surface area contributed by atoms with Crippen molar-refractivity contribution < 1.29 is 18.3 Å². The molecule has 0 aliphatic carbocycles. The van der Waals surface area contributed by atoms with Crippen LogP contribution in [-0.2, 0) is 16.6 Å². The predicted molar refractivity (Wildman–Crippen MR) is 134 cm³/mol. The Morgan fingerprint density at radius 3 is 2.21 bits per heavy atom. The van der Waals surface area contributed by atoms with Crippen LogP contribution < -0.4 is 15.4 Å². The molecule has 0 saturated carbocycles. The van der Waals surface area contributed by atoms with Gasteiger partial charge in [-0.1, -0.05) is 54.6 Å². The molecule has 1 unspecified atom stereocenters. The number of aliphatic hydroxyl groups is 1. The first-order valence-corrected chi connectivity index (χ1v) is 12.2.